The van der Waals surface area contributed by atoms with Crippen LogP contribution in [-0.2, 0) is 16.0 Å². The Morgan fingerprint density at radius 2 is 1.96 bits per heavy atom. The maximum Gasteiger partial charge on any atom is 0.343 e. The van der Waals surface area contributed by atoms with E-state index in [0.29, 0.717) is 37.0 Å². The summed E-state index contributed by atoms with van der Waals surface area (Å²) in [4.78, 5) is 22.9. The summed E-state index contributed by atoms with van der Waals surface area (Å²) >= 11 is 0. The largest absolute Gasteiger partial charge is 0.497 e. The summed E-state index contributed by atoms with van der Waals surface area (Å²) in [7, 11) is 5.13. The fourth-order valence-corrected chi connectivity index (χ4v) is 2.31. The van der Waals surface area contributed by atoms with E-state index in [9.17, 15) is 4.79 Å². The number of ether oxygens (including phenoxy) is 3. The number of rotatable bonds is 10. The quantitative estimate of drug-likeness (QED) is 0.635. The first-order chi connectivity index (χ1) is 13.1. The molecule has 0 fully saturated rings. The molecule has 2 rings (SSSR count). The molecule has 0 unspecified atom stereocenters. The van der Waals surface area contributed by atoms with Crippen LogP contribution < -0.4 is 15.0 Å². The minimum atomic E-state index is -0.458. The zero-order valence-corrected chi connectivity index (χ0v) is 16.2. The zero-order chi connectivity index (χ0) is 19.6. The predicted molar refractivity (Wildman–Crippen MR) is 103 cm³/mol. The summed E-state index contributed by atoms with van der Waals surface area (Å²) in [5.74, 6) is 1.26. The van der Waals surface area contributed by atoms with Crippen LogP contribution in [0.2, 0.25) is 0 Å². The lowest BCUT2D eigenvalue weighted by Crippen LogP contribution is -2.25. The molecule has 8 heteroatoms. The highest BCUT2D eigenvalue weighted by Crippen LogP contribution is 2.19. The number of aromatic nitrogens is 2. The number of carbonyl (C=O) groups is 1. The van der Waals surface area contributed by atoms with E-state index in [4.69, 9.17) is 14.2 Å². The smallest absolute Gasteiger partial charge is 0.343 e. The van der Waals surface area contributed by atoms with Crippen molar-refractivity contribution in [2.45, 2.75) is 13.5 Å². The van der Waals surface area contributed by atoms with Crippen molar-refractivity contribution < 1.29 is 19.0 Å². The molecule has 0 aliphatic rings. The Labute approximate surface area is 159 Å². The van der Waals surface area contributed by atoms with E-state index in [-0.39, 0.29) is 6.61 Å². The predicted octanol–water partition coefficient (Wildman–Crippen LogP) is 2.36. The van der Waals surface area contributed by atoms with Gasteiger partial charge in [-0.25, -0.2) is 9.78 Å². The molecule has 146 valence electrons. The fourth-order valence-electron chi connectivity index (χ4n) is 2.31. The maximum atomic E-state index is 12.2. The van der Waals surface area contributed by atoms with Gasteiger partial charge in [-0.15, -0.1) is 0 Å². The average molecular weight is 374 g/mol. The first-order valence-corrected chi connectivity index (χ1v) is 8.70. The summed E-state index contributed by atoms with van der Waals surface area (Å²) in [6.45, 7) is 3.72. The Hall–Kier alpha value is -2.87. The summed E-state index contributed by atoms with van der Waals surface area (Å²) in [5, 5.41) is 3.21. The molecule has 0 aliphatic heterocycles. The van der Waals surface area contributed by atoms with Crippen LogP contribution in [-0.4, -0.2) is 57.0 Å². The normalized spacial score (nSPS) is 10.4. The van der Waals surface area contributed by atoms with Crippen LogP contribution in [0.3, 0.4) is 0 Å². The lowest BCUT2D eigenvalue weighted by atomic mass is 10.2. The number of hydrogen-bond acceptors (Lipinski definition) is 8. The molecular weight excluding hydrogens is 348 g/mol. The fraction of sp³-hybridized carbons (Fsp3) is 0.421. The molecular formula is C19H26N4O4. The van der Waals surface area contributed by atoms with Gasteiger partial charge >= 0.3 is 5.97 Å². The second-order valence-corrected chi connectivity index (χ2v) is 5.77. The molecule has 0 spiro atoms. The van der Waals surface area contributed by atoms with Crippen molar-refractivity contribution in [3.8, 4) is 5.75 Å². The number of benzene rings is 1. The van der Waals surface area contributed by atoms with E-state index in [1.807, 2.05) is 36.2 Å². The molecule has 0 amide bonds. The first-order valence-electron chi connectivity index (χ1n) is 8.70. The number of likely N-dealkylation sites (N-methyl/N-ethyl adjacent to an activating group) is 1. The molecule has 0 saturated heterocycles. The molecule has 1 N–H and O–H groups in total. The van der Waals surface area contributed by atoms with Crippen LogP contribution in [0.5, 0.6) is 5.75 Å². The Balaban J connectivity index is 2.20. The van der Waals surface area contributed by atoms with E-state index in [1.165, 1.54) is 6.20 Å². The first kappa shape index (κ1) is 20.4. The van der Waals surface area contributed by atoms with Crippen molar-refractivity contribution in [2.24, 2.45) is 0 Å². The summed E-state index contributed by atoms with van der Waals surface area (Å²) < 4.78 is 15.4. The minimum Gasteiger partial charge on any atom is -0.497 e. The Bertz CT molecular complexity index is 737. The van der Waals surface area contributed by atoms with Gasteiger partial charge in [-0.3, -0.25) is 0 Å². The molecule has 0 saturated carbocycles. The number of hydrogen-bond donors (Lipinski definition) is 1. The van der Waals surface area contributed by atoms with Gasteiger partial charge in [-0.05, 0) is 24.6 Å². The Kier molecular flexibility index (Phi) is 7.81. The van der Waals surface area contributed by atoms with Crippen molar-refractivity contribution >= 4 is 17.7 Å². The third kappa shape index (κ3) is 5.82. The number of nitrogens with one attached hydrogen (secondary N) is 1. The van der Waals surface area contributed by atoms with E-state index in [0.717, 1.165) is 11.3 Å². The SMILES string of the molecule is CCOC(=O)c1cnc(N(C)CCOC)nc1NCc1ccc(OC)cc1. The Morgan fingerprint density at radius 1 is 1.22 bits per heavy atom. The molecule has 8 nitrogen and oxygen atoms in total. The molecule has 0 bridgehead atoms. The van der Waals surface area contributed by atoms with E-state index in [1.54, 1.807) is 21.1 Å². The van der Waals surface area contributed by atoms with Gasteiger partial charge in [0.05, 0.1) is 20.3 Å². The molecule has 1 heterocycles. The minimum absolute atomic E-state index is 0.284. The van der Waals surface area contributed by atoms with Gasteiger partial charge in [0.25, 0.3) is 0 Å². The number of esters is 1. The summed E-state index contributed by atoms with van der Waals surface area (Å²) in [5.41, 5.74) is 1.33. The third-order valence-electron chi connectivity index (χ3n) is 3.86. The monoisotopic (exact) mass is 374 g/mol. The summed E-state index contributed by atoms with van der Waals surface area (Å²) in [6.07, 6.45) is 1.49. The van der Waals surface area contributed by atoms with Crippen LogP contribution in [0, 0.1) is 0 Å². The highest BCUT2D eigenvalue weighted by Gasteiger charge is 2.17. The summed E-state index contributed by atoms with van der Waals surface area (Å²) in [6, 6.07) is 7.66. The second kappa shape index (κ2) is 10.3. The highest BCUT2D eigenvalue weighted by molar-refractivity contribution is 5.94. The lowest BCUT2D eigenvalue weighted by molar-refractivity contribution is 0.0526. The van der Waals surface area contributed by atoms with Gasteiger partial charge in [-0.1, -0.05) is 12.1 Å². The topological polar surface area (TPSA) is 85.8 Å². The molecule has 1 aromatic carbocycles. The molecule has 27 heavy (non-hydrogen) atoms. The van der Waals surface area contributed by atoms with Crippen LogP contribution in [0.4, 0.5) is 11.8 Å². The molecule has 0 atom stereocenters. The van der Waals surface area contributed by atoms with Gasteiger partial charge in [0.2, 0.25) is 5.95 Å². The van der Waals surface area contributed by atoms with E-state index < -0.39 is 5.97 Å². The van der Waals surface area contributed by atoms with Gasteiger partial charge in [0, 0.05) is 33.4 Å². The number of methoxy groups -OCH3 is 2. The van der Waals surface area contributed by atoms with Crippen LogP contribution >= 0.6 is 0 Å². The van der Waals surface area contributed by atoms with Crippen molar-refractivity contribution in [1.82, 2.24) is 9.97 Å². The maximum absolute atomic E-state index is 12.2. The van der Waals surface area contributed by atoms with Crippen LogP contribution in [0.1, 0.15) is 22.8 Å². The third-order valence-corrected chi connectivity index (χ3v) is 3.86. The molecule has 0 aliphatic carbocycles. The van der Waals surface area contributed by atoms with Crippen molar-refractivity contribution in [2.75, 3.05) is 51.2 Å². The molecule has 0 radical (unpaired) electrons. The van der Waals surface area contributed by atoms with Crippen LogP contribution in [0.25, 0.3) is 0 Å². The molecule has 2 aromatic rings. The lowest BCUT2D eigenvalue weighted by Gasteiger charge is -2.18. The van der Waals surface area contributed by atoms with Gasteiger partial charge in [0.15, 0.2) is 0 Å². The van der Waals surface area contributed by atoms with E-state index in [2.05, 4.69) is 15.3 Å². The van der Waals surface area contributed by atoms with Crippen molar-refractivity contribution in [3.63, 3.8) is 0 Å². The van der Waals surface area contributed by atoms with Gasteiger partial charge < -0.3 is 24.4 Å². The standard InChI is InChI=1S/C19H26N4O4/c1-5-27-18(24)16-13-21-19(23(2)10-11-25-3)22-17(16)20-12-14-6-8-15(26-4)9-7-14/h6-9,13H,5,10-12H2,1-4H3,(H,20,21,22). The second-order valence-electron chi connectivity index (χ2n) is 5.77. The van der Waals surface area contributed by atoms with Crippen molar-refractivity contribution in [3.05, 3.63) is 41.6 Å². The average Bonchev–Trinajstić information content (AvgIpc) is 2.70. The zero-order valence-electron chi connectivity index (χ0n) is 16.2. The number of carbonyl (C=O) groups excluding carboxylic acids is 1. The van der Waals surface area contributed by atoms with E-state index >= 15 is 0 Å². The molecule has 1 aromatic heterocycles. The van der Waals surface area contributed by atoms with Crippen molar-refractivity contribution in [1.29, 1.82) is 0 Å². The number of anilines is 2. The Morgan fingerprint density at radius 3 is 2.59 bits per heavy atom. The van der Waals surface area contributed by atoms with Gasteiger partial charge in [0.1, 0.15) is 17.1 Å². The van der Waals surface area contributed by atoms with Crippen LogP contribution in [0.15, 0.2) is 30.5 Å². The highest BCUT2D eigenvalue weighted by atomic mass is 16.5. The number of nitrogens with zero attached hydrogens (tertiary/aromatic N) is 3. The van der Waals surface area contributed by atoms with Gasteiger partial charge in [-0.2, -0.15) is 4.98 Å².